The molecule has 1 N–H and O–H groups in total. The highest BCUT2D eigenvalue weighted by molar-refractivity contribution is 9.10. The number of nitrogens with one attached hydrogen (secondary N) is 1. The fourth-order valence-electron chi connectivity index (χ4n) is 1.21. The molecule has 0 saturated carbocycles. The van der Waals surface area contributed by atoms with Crippen LogP contribution in [0.25, 0.3) is 10.9 Å². The maximum Gasteiger partial charge on any atom is 0.280 e. The topological polar surface area (TPSA) is 28.7 Å². The number of aromatic amines is 1. The van der Waals surface area contributed by atoms with Crippen molar-refractivity contribution in [2.24, 2.45) is 0 Å². The van der Waals surface area contributed by atoms with Crippen molar-refractivity contribution >= 4 is 26.8 Å². The van der Waals surface area contributed by atoms with Gasteiger partial charge in [0, 0.05) is 5.39 Å². The molecular formula is C8H4BrF3N2. The van der Waals surface area contributed by atoms with Crippen molar-refractivity contribution in [1.82, 2.24) is 10.2 Å². The minimum absolute atomic E-state index is 0.0744. The lowest BCUT2D eigenvalue weighted by atomic mass is 10.2. The summed E-state index contributed by atoms with van der Waals surface area (Å²) in [5.74, 6) is -0.634. The average Bonchev–Trinajstić information content (AvgIpc) is 2.55. The fraction of sp³-hybridized carbons (Fsp3) is 0.125. The van der Waals surface area contributed by atoms with E-state index in [1.807, 2.05) is 0 Å². The number of fused-ring (bicyclic) bond motifs is 1. The predicted molar refractivity (Wildman–Crippen MR) is 48.7 cm³/mol. The molecule has 0 spiro atoms. The lowest BCUT2D eigenvalue weighted by molar-refractivity contribution is 0.147. The largest absolute Gasteiger partial charge is 0.280 e. The summed E-state index contributed by atoms with van der Waals surface area (Å²) in [5, 5.41) is 5.72. The van der Waals surface area contributed by atoms with Gasteiger partial charge in [-0.25, -0.2) is 13.2 Å². The molecule has 14 heavy (non-hydrogen) atoms. The van der Waals surface area contributed by atoms with Gasteiger partial charge in [0.15, 0.2) is 5.82 Å². The summed E-state index contributed by atoms with van der Waals surface area (Å²) in [6.45, 7) is 0. The van der Waals surface area contributed by atoms with Gasteiger partial charge in [-0.15, -0.1) is 0 Å². The summed E-state index contributed by atoms with van der Waals surface area (Å²) in [6, 6.07) is 2.77. The maximum absolute atomic E-state index is 13.3. The number of aromatic nitrogens is 2. The Balaban J connectivity index is 2.77. The van der Waals surface area contributed by atoms with Crippen molar-refractivity contribution in [2.45, 2.75) is 6.43 Å². The van der Waals surface area contributed by atoms with E-state index in [4.69, 9.17) is 0 Å². The van der Waals surface area contributed by atoms with Crippen LogP contribution in [0.2, 0.25) is 0 Å². The first kappa shape index (κ1) is 9.51. The molecule has 0 aliphatic rings. The number of benzene rings is 1. The van der Waals surface area contributed by atoms with Gasteiger partial charge in [0.1, 0.15) is 11.2 Å². The van der Waals surface area contributed by atoms with Crippen LogP contribution in [0.5, 0.6) is 0 Å². The predicted octanol–water partition coefficient (Wildman–Crippen LogP) is 3.40. The highest BCUT2D eigenvalue weighted by Gasteiger charge is 2.17. The summed E-state index contributed by atoms with van der Waals surface area (Å²) >= 11 is 2.95. The molecule has 0 bridgehead atoms. The number of H-pyrrole nitrogens is 1. The quantitative estimate of drug-likeness (QED) is 0.841. The van der Waals surface area contributed by atoms with Crippen LogP contribution in [0, 0.1) is 5.82 Å². The highest BCUT2D eigenvalue weighted by atomic mass is 79.9. The van der Waals surface area contributed by atoms with Crippen LogP contribution in [0.1, 0.15) is 12.1 Å². The smallest absolute Gasteiger partial charge is 0.275 e. The number of hydrogen-bond acceptors (Lipinski definition) is 1. The van der Waals surface area contributed by atoms with Gasteiger partial charge < -0.3 is 0 Å². The number of halogens is 4. The summed E-state index contributed by atoms with van der Waals surface area (Å²) in [4.78, 5) is 0. The van der Waals surface area contributed by atoms with Gasteiger partial charge in [0.05, 0.1) is 4.47 Å². The Kier molecular flexibility index (Phi) is 2.22. The van der Waals surface area contributed by atoms with Crippen molar-refractivity contribution < 1.29 is 13.2 Å². The van der Waals surface area contributed by atoms with E-state index in [9.17, 15) is 13.2 Å². The number of nitrogens with zero attached hydrogens (tertiary/aromatic N) is 1. The number of rotatable bonds is 1. The van der Waals surface area contributed by atoms with Gasteiger partial charge in [-0.3, -0.25) is 5.10 Å². The molecule has 1 aromatic heterocycles. The van der Waals surface area contributed by atoms with Gasteiger partial charge in [-0.2, -0.15) is 5.10 Å². The molecule has 2 nitrogen and oxygen atoms in total. The third-order valence-electron chi connectivity index (χ3n) is 1.87. The summed E-state index contributed by atoms with van der Waals surface area (Å²) < 4.78 is 38.2. The minimum atomic E-state index is -2.68. The first-order valence-corrected chi connectivity index (χ1v) is 4.50. The summed E-state index contributed by atoms with van der Waals surface area (Å²) in [7, 11) is 0. The van der Waals surface area contributed by atoms with Crippen molar-refractivity contribution in [3.8, 4) is 0 Å². The van der Waals surface area contributed by atoms with Gasteiger partial charge in [-0.1, -0.05) is 0 Å². The van der Waals surface area contributed by atoms with E-state index in [-0.39, 0.29) is 21.1 Å². The molecule has 0 saturated heterocycles. The Morgan fingerprint density at radius 2 is 2.07 bits per heavy atom. The third kappa shape index (κ3) is 1.30. The molecule has 0 amide bonds. The molecule has 0 aliphatic carbocycles. The molecule has 1 heterocycles. The average molecular weight is 265 g/mol. The zero-order chi connectivity index (χ0) is 10.3. The molecule has 74 valence electrons. The Hall–Kier alpha value is -1.04. The van der Waals surface area contributed by atoms with Gasteiger partial charge in [0.25, 0.3) is 6.43 Å². The van der Waals surface area contributed by atoms with Crippen LogP contribution in [0.4, 0.5) is 13.2 Å². The highest BCUT2D eigenvalue weighted by Crippen LogP contribution is 2.29. The van der Waals surface area contributed by atoms with Crippen LogP contribution in [0.3, 0.4) is 0 Å². The van der Waals surface area contributed by atoms with E-state index in [2.05, 4.69) is 26.1 Å². The van der Waals surface area contributed by atoms with Crippen molar-refractivity contribution in [1.29, 1.82) is 0 Å². The molecule has 0 radical (unpaired) electrons. The van der Waals surface area contributed by atoms with E-state index < -0.39 is 12.2 Å². The van der Waals surface area contributed by atoms with Crippen molar-refractivity contribution in [3.05, 3.63) is 28.1 Å². The van der Waals surface area contributed by atoms with E-state index in [0.717, 1.165) is 0 Å². The molecule has 0 aliphatic heterocycles. The van der Waals surface area contributed by atoms with Crippen LogP contribution >= 0.6 is 15.9 Å². The van der Waals surface area contributed by atoms with Crippen LogP contribution in [0.15, 0.2) is 16.6 Å². The van der Waals surface area contributed by atoms with Crippen LogP contribution in [-0.2, 0) is 0 Å². The van der Waals surface area contributed by atoms with Gasteiger partial charge in [-0.05, 0) is 28.1 Å². The van der Waals surface area contributed by atoms with Crippen LogP contribution in [-0.4, -0.2) is 10.2 Å². The second-order valence-electron chi connectivity index (χ2n) is 2.70. The third-order valence-corrected chi connectivity index (χ3v) is 2.48. The molecular weight excluding hydrogens is 261 g/mol. The fourth-order valence-corrected chi connectivity index (χ4v) is 1.53. The first-order chi connectivity index (χ1) is 6.61. The van der Waals surface area contributed by atoms with Crippen LogP contribution < -0.4 is 0 Å². The summed E-state index contributed by atoms with van der Waals surface area (Å²) in [5.41, 5.74) is -0.430. The second kappa shape index (κ2) is 3.27. The minimum Gasteiger partial charge on any atom is -0.275 e. The molecule has 0 fully saturated rings. The molecule has 2 rings (SSSR count). The van der Waals surface area contributed by atoms with E-state index in [1.165, 1.54) is 12.1 Å². The monoisotopic (exact) mass is 264 g/mol. The maximum atomic E-state index is 13.3. The SMILES string of the molecule is Fc1c(Br)ccc2c(C(F)F)[nH]nc12. The van der Waals surface area contributed by atoms with E-state index >= 15 is 0 Å². The molecule has 1 aromatic carbocycles. The Labute approximate surface area is 85.2 Å². The lowest BCUT2D eigenvalue weighted by Gasteiger charge is -1.96. The zero-order valence-corrected chi connectivity index (χ0v) is 8.28. The molecule has 6 heteroatoms. The first-order valence-electron chi connectivity index (χ1n) is 3.71. The standard InChI is InChI=1S/C8H4BrF3N2/c9-4-2-1-3-6(5(4)10)13-14-7(3)8(11)12/h1-2,8H,(H,13,14). The van der Waals surface area contributed by atoms with Gasteiger partial charge in [0.2, 0.25) is 0 Å². The number of hydrogen-bond donors (Lipinski definition) is 1. The molecule has 0 unspecified atom stereocenters. The summed E-state index contributed by atoms with van der Waals surface area (Å²) in [6.07, 6.45) is -2.68. The molecule has 0 atom stereocenters. The van der Waals surface area contributed by atoms with Crippen molar-refractivity contribution in [2.75, 3.05) is 0 Å². The Morgan fingerprint density at radius 1 is 1.36 bits per heavy atom. The lowest BCUT2D eigenvalue weighted by Crippen LogP contribution is -1.84. The Bertz CT molecular complexity index is 481. The zero-order valence-electron chi connectivity index (χ0n) is 6.69. The number of alkyl halides is 2. The van der Waals surface area contributed by atoms with Gasteiger partial charge >= 0.3 is 0 Å². The van der Waals surface area contributed by atoms with E-state index in [0.29, 0.717) is 0 Å². The Morgan fingerprint density at radius 3 is 2.71 bits per heavy atom. The van der Waals surface area contributed by atoms with Crippen molar-refractivity contribution in [3.63, 3.8) is 0 Å². The second-order valence-corrected chi connectivity index (χ2v) is 3.55. The normalized spacial score (nSPS) is 11.5. The van der Waals surface area contributed by atoms with E-state index in [1.54, 1.807) is 0 Å². The molecule has 2 aromatic rings.